The molecular formula is C22H22FN9S. The van der Waals surface area contributed by atoms with Gasteiger partial charge in [-0.15, -0.1) is 0 Å². The van der Waals surface area contributed by atoms with Gasteiger partial charge in [-0.25, -0.2) is 19.3 Å². The Balaban J connectivity index is 1.37. The van der Waals surface area contributed by atoms with Crippen LogP contribution in [0.2, 0.25) is 0 Å². The van der Waals surface area contributed by atoms with Gasteiger partial charge in [0.25, 0.3) is 0 Å². The van der Waals surface area contributed by atoms with Gasteiger partial charge in [-0.2, -0.15) is 5.26 Å². The molecule has 5 rings (SSSR count). The molecule has 1 aliphatic carbocycles. The highest BCUT2D eigenvalue weighted by molar-refractivity contribution is 7.99. The van der Waals surface area contributed by atoms with Gasteiger partial charge in [0.2, 0.25) is 0 Å². The number of rotatable bonds is 3. The molecule has 4 heterocycles. The van der Waals surface area contributed by atoms with Gasteiger partial charge in [-0.05, 0) is 42.4 Å². The quantitative estimate of drug-likeness (QED) is 0.527. The minimum absolute atomic E-state index is 0.0481. The van der Waals surface area contributed by atoms with Gasteiger partial charge in [-0.3, -0.25) is 4.98 Å². The SMILES string of the molecule is N#Cc1nc(Sc2ccnc(N)c2F)c(N)nc1N1CCC2(CC1)Cc1ncccc1[C@H]2N. The van der Waals surface area contributed by atoms with E-state index in [-0.39, 0.29) is 38.7 Å². The van der Waals surface area contributed by atoms with E-state index in [1.165, 1.54) is 12.3 Å². The normalized spacial score (nSPS) is 18.8. The summed E-state index contributed by atoms with van der Waals surface area (Å²) in [5.41, 5.74) is 20.6. The molecule has 6 N–H and O–H groups in total. The lowest BCUT2D eigenvalue weighted by Gasteiger charge is -2.42. The monoisotopic (exact) mass is 463 g/mol. The highest BCUT2D eigenvalue weighted by Crippen LogP contribution is 2.50. The second-order valence-corrected chi connectivity index (χ2v) is 9.38. The fourth-order valence-electron chi connectivity index (χ4n) is 4.72. The molecule has 1 fully saturated rings. The van der Waals surface area contributed by atoms with Crippen molar-refractivity contribution in [3.05, 3.63) is 53.4 Å². The van der Waals surface area contributed by atoms with Crippen molar-refractivity contribution >= 4 is 29.2 Å². The molecule has 11 heteroatoms. The standard InChI is InChI=1S/C22H22FN9S/c23-16-15(3-7-29-18(16)26)33-21-19(27)31-20(14(11-24)30-21)32-8-4-22(5-9-32)10-13-12(17(22)25)2-1-6-28-13/h1-3,6-7,17H,4-5,8-10,25H2,(H2,26,29)(H2,27,31)/t17-/m1/s1. The van der Waals surface area contributed by atoms with Gasteiger partial charge in [0.05, 0.1) is 4.90 Å². The number of anilines is 3. The molecule has 33 heavy (non-hydrogen) atoms. The number of aromatic nitrogens is 4. The zero-order chi connectivity index (χ0) is 23.2. The lowest BCUT2D eigenvalue weighted by Crippen LogP contribution is -2.45. The van der Waals surface area contributed by atoms with E-state index in [0.717, 1.165) is 42.3 Å². The van der Waals surface area contributed by atoms with Crippen LogP contribution in [0.1, 0.15) is 35.8 Å². The third-order valence-corrected chi connectivity index (χ3v) is 7.59. The molecule has 0 saturated carbocycles. The maximum atomic E-state index is 14.3. The molecule has 1 aliphatic heterocycles. The number of halogens is 1. The molecule has 1 spiro atoms. The van der Waals surface area contributed by atoms with E-state index in [1.54, 1.807) is 0 Å². The molecule has 0 radical (unpaired) electrons. The summed E-state index contributed by atoms with van der Waals surface area (Å²) in [6.07, 6.45) is 5.75. The smallest absolute Gasteiger partial charge is 0.184 e. The summed E-state index contributed by atoms with van der Waals surface area (Å²) in [7, 11) is 0. The van der Waals surface area contributed by atoms with Crippen LogP contribution in [-0.2, 0) is 6.42 Å². The molecule has 3 aromatic heterocycles. The van der Waals surface area contributed by atoms with Crippen molar-refractivity contribution in [3.8, 4) is 6.07 Å². The summed E-state index contributed by atoms with van der Waals surface area (Å²) < 4.78 is 14.3. The largest absolute Gasteiger partial charge is 0.381 e. The van der Waals surface area contributed by atoms with Crippen LogP contribution in [0, 0.1) is 22.6 Å². The molecule has 3 aromatic rings. The molecule has 1 saturated heterocycles. The summed E-state index contributed by atoms with van der Waals surface area (Å²) in [6, 6.07) is 7.51. The number of nitriles is 1. The number of nitrogen functional groups attached to an aromatic ring is 2. The second kappa shape index (κ2) is 8.13. The van der Waals surface area contributed by atoms with Crippen LogP contribution < -0.4 is 22.1 Å². The number of fused-ring (bicyclic) bond motifs is 1. The minimum atomic E-state index is -0.656. The zero-order valence-electron chi connectivity index (χ0n) is 17.7. The molecule has 168 valence electrons. The first-order valence-corrected chi connectivity index (χ1v) is 11.3. The Labute approximate surface area is 194 Å². The predicted octanol–water partition coefficient (Wildman–Crippen LogP) is 2.44. The van der Waals surface area contributed by atoms with Crippen molar-refractivity contribution < 1.29 is 4.39 Å². The Kier molecular flexibility index (Phi) is 5.26. The van der Waals surface area contributed by atoms with Crippen LogP contribution in [0.15, 0.2) is 40.5 Å². The number of nitrogens with two attached hydrogens (primary N) is 3. The van der Waals surface area contributed by atoms with E-state index in [9.17, 15) is 9.65 Å². The first-order chi connectivity index (χ1) is 15.9. The maximum absolute atomic E-state index is 14.3. The summed E-state index contributed by atoms with van der Waals surface area (Å²) in [4.78, 5) is 19.3. The topological polar surface area (TPSA) is 157 Å². The van der Waals surface area contributed by atoms with Crippen molar-refractivity contribution in [2.75, 3.05) is 29.5 Å². The Bertz CT molecular complexity index is 1270. The van der Waals surface area contributed by atoms with Crippen molar-refractivity contribution in [2.24, 2.45) is 11.1 Å². The second-order valence-electron chi connectivity index (χ2n) is 8.35. The lowest BCUT2D eigenvalue weighted by molar-refractivity contribution is 0.186. The van der Waals surface area contributed by atoms with Gasteiger partial charge in [0.15, 0.2) is 29.0 Å². The summed E-state index contributed by atoms with van der Waals surface area (Å²) in [5, 5.41) is 9.98. The van der Waals surface area contributed by atoms with Crippen molar-refractivity contribution in [1.29, 1.82) is 5.26 Å². The van der Waals surface area contributed by atoms with Gasteiger partial charge < -0.3 is 22.1 Å². The Morgan fingerprint density at radius 1 is 1.12 bits per heavy atom. The zero-order valence-corrected chi connectivity index (χ0v) is 18.5. The molecule has 1 atom stereocenters. The first-order valence-electron chi connectivity index (χ1n) is 10.5. The van der Waals surface area contributed by atoms with Crippen LogP contribution >= 0.6 is 11.8 Å². The van der Waals surface area contributed by atoms with E-state index < -0.39 is 5.82 Å². The Morgan fingerprint density at radius 2 is 1.91 bits per heavy atom. The minimum Gasteiger partial charge on any atom is -0.381 e. The highest BCUT2D eigenvalue weighted by Gasteiger charge is 2.46. The molecule has 2 aliphatic rings. The third-order valence-electron chi connectivity index (χ3n) is 6.56. The van der Waals surface area contributed by atoms with Gasteiger partial charge in [0, 0.05) is 37.2 Å². The summed E-state index contributed by atoms with van der Waals surface area (Å²) >= 11 is 0.962. The van der Waals surface area contributed by atoms with Crippen molar-refractivity contribution in [2.45, 2.75) is 35.2 Å². The van der Waals surface area contributed by atoms with Crippen molar-refractivity contribution in [3.63, 3.8) is 0 Å². The average Bonchev–Trinajstić information content (AvgIpc) is 3.09. The average molecular weight is 464 g/mol. The Hall–Kier alpha value is -3.49. The van der Waals surface area contributed by atoms with E-state index in [0.29, 0.717) is 18.9 Å². The third kappa shape index (κ3) is 3.61. The number of hydrogen-bond acceptors (Lipinski definition) is 10. The molecule has 0 bridgehead atoms. The van der Waals surface area contributed by atoms with Crippen LogP contribution in [0.25, 0.3) is 0 Å². The highest BCUT2D eigenvalue weighted by atomic mass is 32.2. The number of nitrogens with zero attached hydrogens (tertiary/aromatic N) is 6. The van der Waals surface area contributed by atoms with Gasteiger partial charge in [-0.1, -0.05) is 17.8 Å². The Morgan fingerprint density at radius 3 is 2.64 bits per heavy atom. The van der Waals surface area contributed by atoms with E-state index in [2.05, 4.69) is 32.1 Å². The summed E-state index contributed by atoms with van der Waals surface area (Å²) in [5.74, 6) is -0.311. The molecule has 0 amide bonds. The van der Waals surface area contributed by atoms with E-state index in [4.69, 9.17) is 17.2 Å². The van der Waals surface area contributed by atoms with Gasteiger partial charge in [0.1, 0.15) is 11.1 Å². The lowest BCUT2D eigenvalue weighted by atomic mass is 9.73. The van der Waals surface area contributed by atoms with Crippen molar-refractivity contribution in [1.82, 2.24) is 19.9 Å². The molecular weight excluding hydrogens is 441 g/mol. The number of piperidine rings is 1. The van der Waals surface area contributed by atoms with E-state index in [1.807, 2.05) is 17.2 Å². The first kappa shape index (κ1) is 21.4. The van der Waals surface area contributed by atoms with Crippen LogP contribution in [0.4, 0.5) is 21.8 Å². The molecule has 0 aromatic carbocycles. The fraction of sp³-hybridized carbons (Fsp3) is 0.318. The number of pyridine rings is 2. The number of hydrogen-bond donors (Lipinski definition) is 3. The van der Waals surface area contributed by atoms with Gasteiger partial charge >= 0.3 is 0 Å². The van der Waals surface area contributed by atoms with E-state index >= 15 is 0 Å². The predicted molar refractivity (Wildman–Crippen MR) is 123 cm³/mol. The molecule has 9 nitrogen and oxygen atoms in total. The molecule has 0 unspecified atom stereocenters. The van der Waals surface area contributed by atoms with Crippen LogP contribution in [-0.4, -0.2) is 33.0 Å². The summed E-state index contributed by atoms with van der Waals surface area (Å²) in [6.45, 7) is 1.35. The maximum Gasteiger partial charge on any atom is 0.184 e. The fourth-order valence-corrected chi connectivity index (χ4v) is 5.54. The van der Waals surface area contributed by atoms with Crippen LogP contribution in [0.5, 0.6) is 0 Å². The van der Waals surface area contributed by atoms with Crippen LogP contribution in [0.3, 0.4) is 0 Å².